The third kappa shape index (κ3) is 4.99. The van der Waals surface area contributed by atoms with Crippen LogP contribution in [0.3, 0.4) is 0 Å². The second-order valence-electron chi connectivity index (χ2n) is 4.20. The van der Waals surface area contributed by atoms with Crippen molar-refractivity contribution in [2.24, 2.45) is 0 Å². The fourth-order valence-corrected chi connectivity index (χ4v) is 1.28. The summed E-state index contributed by atoms with van der Waals surface area (Å²) in [5, 5.41) is 3.24. The molecular formula is C12H22N4O. The van der Waals surface area contributed by atoms with Gasteiger partial charge in [-0.15, -0.1) is 0 Å². The van der Waals surface area contributed by atoms with Crippen LogP contribution in [-0.2, 0) is 0 Å². The van der Waals surface area contributed by atoms with Gasteiger partial charge in [-0.3, -0.25) is 0 Å². The quantitative estimate of drug-likeness (QED) is 0.782. The molecule has 0 saturated heterocycles. The first-order valence-corrected chi connectivity index (χ1v) is 6.03. The Kier molecular flexibility index (Phi) is 5.69. The SMILES string of the molecule is CCN(C)CCNc1nccnc1OC(C)C. The van der Waals surface area contributed by atoms with Crippen molar-refractivity contribution < 1.29 is 4.74 Å². The lowest BCUT2D eigenvalue weighted by Crippen LogP contribution is -2.25. The molecule has 0 aliphatic heterocycles. The lowest BCUT2D eigenvalue weighted by Gasteiger charge is -2.16. The van der Waals surface area contributed by atoms with E-state index in [2.05, 4.69) is 34.2 Å². The third-order valence-corrected chi connectivity index (χ3v) is 2.34. The van der Waals surface area contributed by atoms with Crippen LogP contribution in [0.15, 0.2) is 12.4 Å². The van der Waals surface area contributed by atoms with Crippen molar-refractivity contribution in [2.75, 3.05) is 32.0 Å². The zero-order valence-electron chi connectivity index (χ0n) is 11.1. The normalized spacial score (nSPS) is 10.9. The van der Waals surface area contributed by atoms with E-state index in [-0.39, 0.29) is 6.10 Å². The summed E-state index contributed by atoms with van der Waals surface area (Å²) < 4.78 is 5.58. The predicted octanol–water partition coefficient (Wildman–Crippen LogP) is 1.63. The van der Waals surface area contributed by atoms with Gasteiger partial charge in [0.05, 0.1) is 6.10 Å². The van der Waals surface area contributed by atoms with E-state index in [4.69, 9.17) is 4.74 Å². The maximum absolute atomic E-state index is 5.58. The minimum Gasteiger partial charge on any atom is -0.472 e. The number of rotatable bonds is 7. The summed E-state index contributed by atoms with van der Waals surface area (Å²) in [4.78, 5) is 10.6. The van der Waals surface area contributed by atoms with Gasteiger partial charge < -0.3 is 15.0 Å². The van der Waals surface area contributed by atoms with E-state index in [1.54, 1.807) is 12.4 Å². The molecule has 0 spiro atoms. The number of anilines is 1. The molecule has 0 aliphatic rings. The first-order chi connectivity index (χ1) is 8.13. The summed E-state index contributed by atoms with van der Waals surface area (Å²) in [6.07, 6.45) is 3.41. The van der Waals surface area contributed by atoms with Gasteiger partial charge in [-0.2, -0.15) is 0 Å². The van der Waals surface area contributed by atoms with Gasteiger partial charge in [-0.25, -0.2) is 9.97 Å². The fraction of sp³-hybridized carbons (Fsp3) is 0.667. The Morgan fingerprint density at radius 1 is 1.35 bits per heavy atom. The van der Waals surface area contributed by atoms with Gasteiger partial charge in [0.1, 0.15) is 0 Å². The molecule has 1 aromatic heterocycles. The van der Waals surface area contributed by atoms with Crippen molar-refractivity contribution in [3.63, 3.8) is 0 Å². The third-order valence-electron chi connectivity index (χ3n) is 2.34. The largest absolute Gasteiger partial charge is 0.472 e. The van der Waals surface area contributed by atoms with E-state index in [0.29, 0.717) is 11.7 Å². The fourth-order valence-electron chi connectivity index (χ4n) is 1.28. The molecule has 5 heteroatoms. The molecule has 0 unspecified atom stereocenters. The Morgan fingerprint density at radius 3 is 2.71 bits per heavy atom. The van der Waals surface area contributed by atoms with Crippen LogP contribution in [0.2, 0.25) is 0 Å². The van der Waals surface area contributed by atoms with Crippen molar-refractivity contribution in [3.8, 4) is 5.88 Å². The highest BCUT2D eigenvalue weighted by Crippen LogP contribution is 2.18. The average Bonchev–Trinajstić information content (AvgIpc) is 2.30. The number of nitrogens with zero attached hydrogens (tertiary/aromatic N) is 3. The van der Waals surface area contributed by atoms with Crippen molar-refractivity contribution in [1.82, 2.24) is 14.9 Å². The molecule has 0 aliphatic carbocycles. The molecule has 1 heterocycles. The van der Waals surface area contributed by atoms with Crippen LogP contribution in [0.25, 0.3) is 0 Å². The van der Waals surface area contributed by atoms with Gasteiger partial charge in [0, 0.05) is 25.5 Å². The standard InChI is InChI=1S/C12H22N4O/c1-5-16(4)9-8-14-11-12(17-10(2)3)15-7-6-13-11/h6-7,10H,5,8-9H2,1-4H3,(H,13,14). The minimum absolute atomic E-state index is 0.102. The monoisotopic (exact) mass is 238 g/mol. The zero-order chi connectivity index (χ0) is 12.7. The molecule has 0 amide bonds. The van der Waals surface area contributed by atoms with Crippen LogP contribution in [0.4, 0.5) is 5.82 Å². The number of likely N-dealkylation sites (N-methyl/N-ethyl adjacent to an activating group) is 1. The topological polar surface area (TPSA) is 50.3 Å². The summed E-state index contributed by atoms with van der Waals surface area (Å²) in [5.74, 6) is 1.28. The van der Waals surface area contributed by atoms with Gasteiger partial charge in [-0.1, -0.05) is 6.92 Å². The van der Waals surface area contributed by atoms with Crippen LogP contribution in [0, 0.1) is 0 Å². The Labute approximate surface area is 103 Å². The summed E-state index contributed by atoms with van der Waals surface area (Å²) in [7, 11) is 2.09. The van der Waals surface area contributed by atoms with Crippen LogP contribution >= 0.6 is 0 Å². The molecule has 0 fully saturated rings. The van der Waals surface area contributed by atoms with Gasteiger partial charge in [0.2, 0.25) is 0 Å². The summed E-state index contributed by atoms with van der Waals surface area (Å²) >= 11 is 0. The molecule has 0 bridgehead atoms. The first kappa shape index (κ1) is 13.7. The second-order valence-corrected chi connectivity index (χ2v) is 4.20. The lowest BCUT2D eigenvalue weighted by molar-refractivity contribution is 0.233. The maximum atomic E-state index is 5.58. The van der Waals surface area contributed by atoms with E-state index >= 15 is 0 Å². The number of aromatic nitrogens is 2. The van der Waals surface area contributed by atoms with Gasteiger partial charge in [-0.05, 0) is 27.4 Å². The van der Waals surface area contributed by atoms with Crippen LogP contribution < -0.4 is 10.1 Å². The van der Waals surface area contributed by atoms with E-state index < -0.39 is 0 Å². The molecule has 0 aromatic carbocycles. The predicted molar refractivity (Wildman–Crippen MR) is 69.5 cm³/mol. The first-order valence-electron chi connectivity index (χ1n) is 6.03. The maximum Gasteiger partial charge on any atom is 0.257 e. The molecule has 17 heavy (non-hydrogen) atoms. The highest BCUT2D eigenvalue weighted by molar-refractivity contribution is 5.44. The Hall–Kier alpha value is -1.36. The highest BCUT2D eigenvalue weighted by atomic mass is 16.5. The molecule has 0 saturated carbocycles. The van der Waals surface area contributed by atoms with Crippen molar-refractivity contribution in [3.05, 3.63) is 12.4 Å². The Morgan fingerprint density at radius 2 is 2.06 bits per heavy atom. The molecule has 1 rings (SSSR count). The average molecular weight is 238 g/mol. The lowest BCUT2D eigenvalue weighted by atomic mass is 10.4. The van der Waals surface area contributed by atoms with Crippen molar-refractivity contribution in [1.29, 1.82) is 0 Å². The summed E-state index contributed by atoms with van der Waals surface area (Å²) in [6, 6.07) is 0. The van der Waals surface area contributed by atoms with Gasteiger partial charge in [0.25, 0.3) is 5.88 Å². The molecule has 96 valence electrons. The number of hydrogen-bond acceptors (Lipinski definition) is 5. The van der Waals surface area contributed by atoms with Crippen LogP contribution in [-0.4, -0.2) is 47.7 Å². The van der Waals surface area contributed by atoms with Crippen LogP contribution in [0.5, 0.6) is 5.88 Å². The second kappa shape index (κ2) is 7.06. The minimum atomic E-state index is 0.102. The Balaban J connectivity index is 2.51. The van der Waals surface area contributed by atoms with Crippen molar-refractivity contribution in [2.45, 2.75) is 26.9 Å². The molecule has 1 N–H and O–H groups in total. The molecule has 0 atom stereocenters. The molecule has 0 radical (unpaired) electrons. The summed E-state index contributed by atoms with van der Waals surface area (Å²) in [6.45, 7) is 8.92. The van der Waals surface area contributed by atoms with E-state index in [1.807, 2.05) is 13.8 Å². The number of hydrogen-bond donors (Lipinski definition) is 1. The van der Waals surface area contributed by atoms with Crippen molar-refractivity contribution >= 4 is 5.82 Å². The molecule has 5 nitrogen and oxygen atoms in total. The van der Waals surface area contributed by atoms with E-state index in [0.717, 1.165) is 19.6 Å². The summed E-state index contributed by atoms with van der Waals surface area (Å²) in [5.41, 5.74) is 0. The Bertz CT molecular complexity index is 330. The number of nitrogens with one attached hydrogen (secondary N) is 1. The van der Waals surface area contributed by atoms with Gasteiger partial charge >= 0.3 is 0 Å². The zero-order valence-corrected chi connectivity index (χ0v) is 11.1. The highest BCUT2D eigenvalue weighted by Gasteiger charge is 2.07. The molecule has 1 aromatic rings. The van der Waals surface area contributed by atoms with E-state index in [9.17, 15) is 0 Å². The number of ether oxygens (including phenoxy) is 1. The molecular weight excluding hydrogens is 216 g/mol. The smallest absolute Gasteiger partial charge is 0.257 e. The van der Waals surface area contributed by atoms with E-state index in [1.165, 1.54) is 0 Å². The van der Waals surface area contributed by atoms with Gasteiger partial charge in [0.15, 0.2) is 5.82 Å². The van der Waals surface area contributed by atoms with Crippen LogP contribution in [0.1, 0.15) is 20.8 Å².